The number of piperazine rings is 1. The Bertz CT molecular complexity index is 828. The fraction of sp³-hybridized carbons (Fsp3) is 0.312. The van der Waals surface area contributed by atoms with Gasteiger partial charge in [-0.15, -0.1) is 0 Å². The van der Waals surface area contributed by atoms with Crippen molar-refractivity contribution >= 4 is 38.4 Å². The van der Waals surface area contributed by atoms with Crippen LogP contribution in [0.2, 0.25) is 5.02 Å². The Morgan fingerprint density at radius 1 is 1.42 bits per heavy atom. The second-order valence-electron chi connectivity index (χ2n) is 5.52. The molecule has 0 spiro atoms. The SMILES string of the molecule is Clc1cnc2nc(N3CCNCC3COc3cccnc3)sc2c1. The second kappa shape index (κ2) is 6.88. The van der Waals surface area contributed by atoms with Crippen LogP contribution in [0, 0.1) is 0 Å². The molecule has 6 nitrogen and oxygen atoms in total. The number of nitrogens with zero attached hydrogens (tertiary/aromatic N) is 4. The molecule has 0 aliphatic carbocycles. The molecule has 1 aliphatic heterocycles. The van der Waals surface area contributed by atoms with Gasteiger partial charge in [0, 0.05) is 32.0 Å². The van der Waals surface area contributed by atoms with Crippen LogP contribution in [0.4, 0.5) is 5.13 Å². The van der Waals surface area contributed by atoms with Crippen molar-refractivity contribution in [3.05, 3.63) is 41.8 Å². The Balaban J connectivity index is 1.54. The van der Waals surface area contributed by atoms with E-state index in [1.807, 2.05) is 18.2 Å². The minimum Gasteiger partial charge on any atom is -0.490 e. The molecule has 1 unspecified atom stereocenters. The van der Waals surface area contributed by atoms with Gasteiger partial charge in [-0.1, -0.05) is 22.9 Å². The van der Waals surface area contributed by atoms with E-state index in [4.69, 9.17) is 16.3 Å². The molecular formula is C16H16ClN5OS. The maximum absolute atomic E-state index is 6.03. The number of hydrogen-bond acceptors (Lipinski definition) is 7. The molecule has 0 aromatic carbocycles. The molecule has 0 saturated carbocycles. The van der Waals surface area contributed by atoms with Crippen molar-refractivity contribution in [3.8, 4) is 5.75 Å². The summed E-state index contributed by atoms with van der Waals surface area (Å²) < 4.78 is 6.89. The predicted octanol–water partition coefficient (Wildman–Crippen LogP) is 2.60. The molecule has 3 aromatic heterocycles. The average Bonchev–Trinajstić information content (AvgIpc) is 3.04. The lowest BCUT2D eigenvalue weighted by atomic mass is 10.2. The van der Waals surface area contributed by atoms with E-state index in [0.717, 1.165) is 40.9 Å². The third-order valence-corrected chi connectivity index (χ3v) is 5.11. The number of fused-ring (bicyclic) bond motifs is 1. The van der Waals surface area contributed by atoms with Gasteiger partial charge >= 0.3 is 0 Å². The smallest absolute Gasteiger partial charge is 0.188 e. The van der Waals surface area contributed by atoms with E-state index in [0.29, 0.717) is 11.6 Å². The third-order valence-electron chi connectivity index (χ3n) is 3.88. The number of ether oxygens (including phenoxy) is 1. The molecule has 24 heavy (non-hydrogen) atoms. The van der Waals surface area contributed by atoms with Crippen molar-refractivity contribution in [3.63, 3.8) is 0 Å². The molecule has 1 aliphatic rings. The Morgan fingerprint density at radius 2 is 2.38 bits per heavy atom. The van der Waals surface area contributed by atoms with Crippen LogP contribution in [0.5, 0.6) is 5.75 Å². The van der Waals surface area contributed by atoms with Gasteiger partial charge in [-0.05, 0) is 18.2 Å². The van der Waals surface area contributed by atoms with Gasteiger partial charge < -0.3 is 15.0 Å². The number of anilines is 1. The first-order valence-electron chi connectivity index (χ1n) is 7.72. The molecule has 0 bridgehead atoms. The normalized spacial score (nSPS) is 18.0. The number of thiazole rings is 1. The van der Waals surface area contributed by atoms with Crippen molar-refractivity contribution in [2.24, 2.45) is 0 Å². The summed E-state index contributed by atoms with van der Waals surface area (Å²) in [5.74, 6) is 0.778. The van der Waals surface area contributed by atoms with Crippen LogP contribution >= 0.6 is 22.9 Å². The van der Waals surface area contributed by atoms with Gasteiger partial charge in [-0.2, -0.15) is 4.98 Å². The topological polar surface area (TPSA) is 63.2 Å². The van der Waals surface area contributed by atoms with Gasteiger partial charge in [0.25, 0.3) is 0 Å². The van der Waals surface area contributed by atoms with Gasteiger partial charge in [0.05, 0.1) is 22.0 Å². The molecule has 0 radical (unpaired) electrons. The zero-order valence-electron chi connectivity index (χ0n) is 12.9. The summed E-state index contributed by atoms with van der Waals surface area (Å²) in [6.45, 7) is 3.23. The average molecular weight is 362 g/mol. The van der Waals surface area contributed by atoms with E-state index in [9.17, 15) is 0 Å². The number of rotatable bonds is 4. The summed E-state index contributed by atoms with van der Waals surface area (Å²) in [5.41, 5.74) is 0.741. The highest BCUT2D eigenvalue weighted by atomic mass is 35.5. The van der Waals surface area contributed by atoms with Crippen LogP contribution in [0.25, 0.3) is 10.3 Å². The minimum absolute atomic E-state index is 0.204. The summed E-state index contributed by atoms with van der Waals surface area (Å²) in [4.78, 5) is 15.3. The molecule has 3 aromatic rings. The highest BCUT2D eigenvalue weighted by molar-refractivity contribution is 7.22. The Morgan fingerprint density at radius 3 is 3.25 bits per heavy atom. The molecule has 1 atom stereocenters. The van der Waals surface area contributed by atoms with Crippen molar-refractivity contribution in [2.45, 2.75) is 6.04 Å². The van der Waals surface area contributed by atoms with E-state index in [1.165, 1.54) is 0 Å². The first-order chi connectivity index (χ1) is 11.8. The Kier molecular flexibility index (Phi) is 4.46. The maximum atomic E-state index is 6.03. The Labute approximate surface area is 148 Å². The lowest BCUT2D eigenvalue weighted by molar-refractivity contribution is 0.266. The van der Waals surface area contributed by atoms with Gasteiger partial charge in [0.15, 0.2) is 10.8 Å². The minimum atomic E-state index is 0.204. The highest BCUT2D eigenvalue weighted by Gasteiger charge is 2.26. The van der Waals surface area contributed by atoms with Crippen molar-refractivity contribution < 1.29 is 4.74 Å². The third kappa shape index (κ3) is 3.28. The highest BCUT2D eigenvalue weighted by Crippen LogP contribution is 2.30. The zero-order chi connectivity index (χ0) is 16.4. The standard InChI is InChI=1S/C16H16ClN5OS/c17-11-6-14-15(20-7-11)21-16(24-14)22-5-4-19-8-12(22)10-23-13-2-1-3-18-9-13/h1-3,6-7,9,12,19H,4-5,8,10H2. The lowest BCUT2D eigenvalue weighted by Gasteiger charge is -2.35. The number of nitrogens with one attached hydrogen (secondary N) is 1. The summed E-state index contributed by atoms with van der Waals surface area (Å²) in [5, 5.41) is 5.01. The van der Waals surface area contributed by atoms with Gasteiger partial charge in [-0.25, -0.2) is 4.98 Å². The molecule has 1 fully saturated rings. The molecule has 1 N–H and O–H groups in total. The van der Waals surface area contributed by atoms with Gasteiger partial charge in [0.1, 0.15) is 12.4 Å². The largest absolute Gasteiger partial charge is 0.490 e. The molecule has 8 heteroatoms. The van der Waals surface area contributed by atoms with E-state index in [2.05, 4.69) is 25.2 Å². The van der Waals surface area contributed by atoms with Crippen molar-refractivity contribution in [1.82, 2.24) is 20.3 Å². The maximum Gasteiger partial charge on any atom is 0.188 e. The quantitative estimate of drug-likeness (QED) is 0.770. The molecule has 4 rings (SSSR count). The molecule has 4 heterocycles. The zero-order valence-corrected chi connectivity index (χ0v) is 14.4. The van der Waals surface area contributed by atoms with Crippen LogP contribution in [-0.4, -0.2) is 47.2 Å². The van der Waals surface area contributed by atoms with Crippen LogP contribution in [0.15, 0.2) is 36.8 Å². The van der Waals surface area contributed by atoms with E-state index >= 15 is 0 Å². The van der Waals surface area contributed by atoms with E-state index in [-0.39, 0.29) is 6.04 Å². The summed E-state index contributed by atoms with van der Waals surface area (Å²) >= 11 is 7.64. The van der Waals surface area contributed by atoms with Crippen molar-refractivity contribution in [2.75, 3.05) is 31.1 Å². The van der Waals surface area contributed by atoms with E-state index in [1.54, 1.807) is 29.9 Å². The van der Waals surface area contributed by atoms with E-state index < -0.39 is 0 Å². The van der Waals surface area contributed by atoms with Crippen LogP contribution in [0.3, 0.4) is 0 Å². The van der Waals surface area contributed by atoms with Gasteiger partial charge in [0.2, 0.25) is 0 Å². The molecular weight excluding hydrogens is 346 g/mol. The number of halogens is 1. The summed E-state index contributed by atoms with van der Waals surface area (Å²) in [7, 11) is 0. The van der Waals surface area contributed by atoms with Crippen molar-refractivity contribution in [1.29, 1.82) is 0 Å². The van der Waals surface area contributed by atoms with Gasteiger partial charge in [-0.3, -0.25) is 4.98 Å². The predicted molar refractivity (Wildman–Crippen MR) is 96.2 cm³/mol. The number of aromatic nitrogens is 3. The van der Waals surface area contributed by atoms with Crippen LogP contribution in [0.1, 0.15) is 0 Å². The molecule has 1 saturated heterocycles. The molecule has 124 valence electrons. The fourth-order valence-electron chi connectivity index (χ4n) is 2.69. The number of hydrogen-bond donors (Lipinski definition) is 1. The first kappa shape index (κ1) is 15.6. The first-order valence-corrected chi connectivity index (χ1v) is 8.91. The van der Waals surface area contributed by atoms with Crippen LogP contribution < -0.4 is 15.0 Å². The summed E-state index contributed by atoms with van der Waals surface area (Å²) in [6.07, 6.45) is 5.10. The fourth-order valence-corrected chi connectivity index (χ4v) is 3.98. The number of pyridine rings is 2. The molecule has 0 amide bonds. The van der Waals surface area contributed by atoms with Crippen LogP contribution in [-0.2, 0) is 0 Å². The Hall–Kier alpha value is -1.96. The lowest BCUT2D eigenvalue weighted by Crippen LogP contribution is -2.54. The monoisotopic (exact) mass is 361 g/mol. The summed E-state index contributed by atoms with van der Waals surface area (Å²) in [6, 6.07) is 5.90. The second-order valence-corrected chi connectivity index (χ2v) is 6.97.